The van der Waals surface area contributed by atoms with Crippen LogP contribution in [0.3, 0.4) is 0 Å². The molecule has 0 atom stereocenters. The molecule has 0 saturated carbocycles. The Morgan fingerprint density at radius 2 is 1.97 bits per heavy atom. The van der Waals surface area contributed by atoms with E-state index in [4.69, 9.17) is 11.6 Å². The fraction of sp³-hybridized carbons (Fsp3) is 0.364. The third kappa shape index (κ3) is 3.89. The monoisotopic (exact) mass is 425 g/mol. The first-order valence-corrected chi connectivity index (χ1v) is 10.4. The van der Waals surface area contributed by atoms with Gasteiger partial charge in [-0.2, -0.15) is 4.98 Å². The van der Waals surface area contributed by atoms with E-state index in [0.717, 1.165) is 48.4 Å². The van der Waals surface area contributed by atoms with E-state index < -0.39 is 0 Å². The van der Waals surface area contributed by atoms with Gasteiger partial charge in [-0.05, 0) is 49.9 Å². The quantitative estimate of drug-likeness (QED) is 0.632. The summed E-state index contributed by atoms with van der Waals surface area (Å²) in [5.41, 5.74) is 1.38. The minimum atomic E-state index is -0.296. The predicted molar refractivity (Wildman–Crippen MR) is 120 cm³/mol. The lowest BCUT2D eigenvalue weighted by Gasteiger charge is -2.30. The highest BCUT2D eigenvalue weighted by molar-refractivity contribution is 6.32. The summed E-state index contributed by atoms with van der Waals surface area (Å²) in [6.07, 6.45) is 3.86. The molecular weight excluding hydrogens is 402 g/mol. The van der Waals surface area contributed by atoms with Crippen molar-refractivity contribution in [1.29, 1.82) is 0 Å². The number of carbonyl (C=O) groups is 1. The molecule has 1 aromatic carbocycles. The highest BCUT2D eigenvalue weighted by Crippen LogP contribution is 2.28. The number of fused-ring (bicyclic) bond motifs is 1. The first-order chi connectivity index (χ1) is 14.3. The van der Waals surface area contributed by atoms with Crippen LogP contribution in [0.1, 0.15) is 37.0 Å². The number of hydrogen-bond donors (Lipinski definition) is 1. The largest absolute Gasteiger partial charge is 0.341 e. The van der Waals surface area contributed by atoms with Crippen molar-refractivity contribution in [3.8, 4) is 0 Å². The lowest BCUT2D eigenvalue weighted by atomic mass is 10.00. The van der Waals surface area contributed by atoms with Crippen LogP contribution in [-0.2, 0) is 7.05 Å². The molecule has 156 valence electrons. The van der Waals surface area contributed by atoms with Crippen LogP contribution in [0.2, 0.25) is 5.02 Å². The third-order valence-corrected chi connectivity index (χ3v) is 5.94. The summed E-state index contributed by atoms with van der Waals surface area (Å²) in [4.78, 5) is 35.4. The number of carbonyl (C=O) groups excluding carboxylic acids is 1. The molecule has 30 heavy (non-hydrogen) atoms. The molecule has 7 nitrogen and oxygen atoms in total. The molecule has 0 amide bonds. The van der Waals surface area contributed by atoms with E-state index in [2.05, 4.69) is 27.1 Å². The van der Waals surface area contributed by atoms with E-state index in [1.807, 2.05) is 18.2 Å². The molecule has 2 aromatic heterocycles. The van der Waals surface area contributed by atoms with Crippen LogP contribution in [0, 0.1) is 5.92 Å². The number of nitrogens with zero attached hydrogens (tertiary/aromatic N) is 4. The van der Waals surface area contributed by atoms with Crippen molar-refractivity contribution in [2.45, 2.75) is 26.7 Å². The summed E-state index contributed by atoms with van der Waals surface area (Å²) in [5.74, 6) is 1.65. The smallest absolute Gasteiger partial charge is 0.261 e. The second-order valence-electron chi connectivity index (χ2n) is 7.91. The number of halogens is 1. The first-order valence-electron chi connectivity index (χ1n) is 10.0. The molecule has 1 fully saturated rings. The standard InChI is InChI=1S/C22H24ClN5O2/c1-13-6-8-28(9-7-13)22-24-12-18(23)20(26-22)25-16-4-5-19-15(10-16)11-17(14(2)29)21(30)27(19)3/h4-5,10-13H,6-9H2,1-3H3,(H,24,25,26). The average molecular weight is 426 g/mol. The van der Waals surface area contributed by atoms with Crippen LogP contribution >= 0.6 is 11.6 Å². The number of ketones is 1. The second-order valence-corrected chi connectivity index (χ2v) is 8.32. The summed E-state index contributed by atoms with van der Waals surface area (Å²) in [7, 11) is 1.66. The van der Waals surface area contributed by atoms with Gasteiger partial charge in [0, 0.05) is 31.2 Å². The van der Waals surface area contributed by atoms with Crippen LogP contribution in [0.15, 0.2) is 35.3 Å². The van der Waals surface area contributed by atoms with E-state index in [1.165, 1.54) is 11.5 Å². The predicted octanol–water partition coefficient (Wildman–Crippen LogP) is 4.16. The minimum Gasteiger partial charge on any atom is -0.341 e. The molecule has 1 aliphatic rings. The van der Waals surface area contributed by atoms with Crippen LogP contribution in [0.25, 0.3) is 10.9 Å². The van der Waals surface area contributed by atoms with Crippen LogP contribution < -0.4 is 15.8 Å². The maximum atomic E-state index is 12.3. The SMILES string of the molecule is CC(=O)c1cc2cc(Nc3nc(N4CCC(C)CC4)ncc3Cl)ccc2n(C)c1=O. The van der Waals surface area contributed by atoms with E-state index in [-0.39, 0.29) is 16.9 Å². The lowest BCUT2D eigenvalue weighted by molar-refractivity contribution is 0.101. The number of nitrogens with one attached hydrogen (secondary N) is 1. The fourth-order valence-electron chi connectivity index (χ4n) is 3.76. The summed E-state index contributed by atoms with van der Waals surface area (Å²) < 4.78 is 1.49. The Hall–Kier alpha value is -2.93. The molecule has 0 aliphatic carbocycles. The molecule has 1 aliphatic heterocycles. The Morgan fingerprint density at radius 1 is 1.23 bits per heavy atom. The molecule has 0 bridgehead atoms. The number of anilines is 3. The molecule has 1 saturated heterocycles. The number of aryl methyl sites for hydroxylation is 1. The number of piperidine rings is 1. The molecule has 3 aromatic rings. The van der Waals surface area contributed by atoms with Gasteiger partial charge >= 0.3 is 0 Å². The summed E-state index contributed by atoms with van der Waals surface area (Å²) >= 11 is 6.34. The molecular formula is C22H24ClN5O2. The molecule has 0 radical (unpaired) electrons. The van der Waals surface area contributed by atoms with Crippen molar-refractivity contribution in [2.75, 3.05) is 23.3 Å². The van der Waals surface area contributed by atoms with E-state index in [9.17, 15) is 9.59 Å². The highest BCUT2D eigenvalue weighted by atomic mass is 35.5. The van der Waals surface area contributed by atoms with Crippen LogP contribution in [0.4, 0.5) is 17.5 Å². The minimum absolute atomic E-state index is 0.170. The molecule has 8 heteroatoms. The maximum absolute atomic E-state index is 12.3. The van der Waals surface area contributed by atoms with Gasteiger partial charge in [-0.1, -0.05) is 18.5 Å². The molecule has 3 heterocycles. The van der Waals surface area contributed by atoms with E-state index in [0.29, 0.717) is 16.8 Å². The summed E-state index contributed by atoms with van der Waals surface area (Å²) in [5, 5.41) is 4.46. The molecule has 0 spiro atoms. The molecule has 1 N–H and O–H groups in total. The Labute approximate surface area is 179 Å². The normalized spacial score (nSPS) is 14.9. The number of hydrogen-bond acceptors (Lipinski definition) is 6. The van der Waals surface area contributed by atoms with Gasteiger partial charge in [-0.3, -0.25) is 9.59 Å². The topological polar surface area (TPSA) is 80.1 Å². The Kier molecular flexibility index (Phi) is 5.47. The van der Waals surface area contributed by atoms with Gasteiger partial charge in [0.15, 0.2) is 11.6 Å². The van der Waals surface area contributed by atoms with Crippen molar-refractivity contribution in [2.24, 2.45) is 13.0 Å². The number of rotatable bonds is 4. The van der Waals surface area contributed by atoms with Crippen molar-refractivity contribution in [3.05, 3.63) is 51.4 Å². The van der Waals surface area contributed by atoms with Gasteiger partial charge in [-0.25, -0.2) is 4.98 Å². The van der Waals surface area contributed by atoms with Gasteiger partial charge in [0.2, 0.25) is 5.95 Å². The summed E-state index contributed by atoms with van der Waals surface area (Å²) in [6, 6.07) is 7.20. The average Bonchev–Trinajstić information content (AvgIpc) is 2.72. The van der Waals surface area contributed by atoms with Crippen molar-refractivity contribution < 1.29 is 4.79 Å². The van der Waals surface area contributed by atoms with Gasteiger partial charge in [-0.15, -0.1) is 0 Å². The molecule has 4 rings (SSSR count). The van der Waals surface area contributed by atoms with E-state index >= 15 is 0 Å². The zero-order valence-electron chi connectivity index (χ0n) is 17.3. The Morgan fingerprint density at radius 3 is 2.67 bits per heavy atom. The number of pyridine rings is 1. The summed E-state index contributed by atoms with van der Waals surface area (Å²) in [6.45, 7) is 5.52. The number of benzene rings is 1. The van der Waals surface area contributed by atoms with Crippen molar-refractivity contribution in [3.63, 3.8) is 0 Å². The first kappa shape index (κ1) is 20.3. The van der Waals surface area contributed by atoms with Crippen LogP contribution in [-0.4, -0.2) is 33.4 Å². The van der Waals surface area contributed by atoms with Gasteiger partial charge in [0.25, 0.3) is 5.56 Å². The Bertz CT molecular complexity index is 1180. The number of aromatic nitrogens is 3. The van der Waals surface area contributed by atoms with E-state index in [1.54, 1.807) is 19.3 Å². The van der Waals surface area contributed by atoms with Gasteiger partial charge in [0.05, 0.1) is 17.3 Å². The molecule has 0 unspecified atom stereocenters. The highest BCUT2D eigenvalue weighted by Gasteiger charge is 2.19. The third-order valence-electron chi connectivity index (χ3n) is 5.66. The maximum Gasteiger partial charge on any atom is 0.261 e. The lowest BCUT2D eigenvalue weighted by Crippen LogP contribution is -2.34. The fourth-order valence-corrected chi connectivity index (χ4v) is 3.89. The van der Waals surface area contributed by atoms with Crippen molar-refractivity contribution >= 4 is 45.7 Å². The van der Waals surface area contributed by atoms with Gasteiger partial charge < -0.3 is 14.8 Å². The van der Waals surface area contributed by atoms with Crippen molar-refractivity contribution in [1.82, 2.24) is 14.5 Å². The zero-order chi connectivity index (χ0) is 21.4. The second kappa shape index (κ2) is 8.07. The number of Topliss-reactive ketones (excluding diaryl/α,β-unsaturated/α-hetero) is 1. The Balaban J connectivity index is 1.67. The van der Waals surface area contributed by atoms with Crippen LogP contribution in [0.5, 0.6) is 0 Å². The zero-order valence-corrected chi connectivity index (χ0v) is 18.0. The van der Waals surface area contributed by atoms with Gasteiger partial charge in [0.1, 0.15) is 5.02 Å².